The Bertz CT molecular complexity index is 1040. The first-order valence-corrected chi connectivity index (χ1v) is 9.40. The molecular weight excluding hydrogens is 462 g/mol. The number of aromatic nitrogens is 1. The van der Waals surface area contributed by atoms with Crippen molar-refractivity contribution in [2.24, 2.45) is 0 Å². The van der Waals surface area contributed by atoms with Gasteiger partial charge in [-0.15, -0.1) is 0 Å². The number of alkyl halides is 6. The molecule has 0 radical (unpaired) electrons. The van der Waals surface area contributed by atoms with E-state index in [1.807, 2.05) is 4.72 Å². The van der Waals surface area contributed by atoms with Gasteiger partial charge < -0.3 is 14.6 Å². The van der Waals surface area contributed by atoms with Crippen molar-refractivity contribution < 1.29 is 54.1 Å². The lowest BCUT2D eigenvalue weighted by Gasteiger charge is -2.13. The molecule has 0 unspecified atom stereocenters. The zero-order chi connectivity index (χ0) is 23.4. The highest BCUT2D eigenvalue weighted by atomic mass is 32.2. The number of halogens is 6. The molecule has 0 atom stereocenters. The lowest BCUT2D eigenvalue weighted by molar-refractivity contribution is -0.154. The lowest BCUT2D eigenvalue weighted by Crippen LogP contribution is -2.20. The third-order valence-corrected chi connectivity index (χ3v) is 4.62. The van der Waals surface area contributed by atoms with Crippen LogP contribution in [0.4, 0.5) is 32.0 Å². The molecule has 0 aliphatic heterocycles. The molecule has 0 spiro atoms. The van der Waals surface area contributed by atoms with E-state index in [1.54, 1.807) is 0 Å². The van der Waals surface area contributed by atoms with Crippen molar-refractivity contribution in [3.8, 4) is 11.6 Å². The number of carbonyl (C=O) groups is 1. The Balaban J connectivity index is 2.18. The van der Waals surface area contributed by atoms with E-state index in [2.05, 4.69) is 14.5 Å². The first-order valence-electron chi connectivity index (χ1n) is 7.92. The molecule has 0 saturated carbocycles. The Hall–Kier alpha value is -3.23. The summed E-state index contributed by atoms with van der Waals surface area (Å²) in [5.74, 6) is -2.80. The number of rotatable bonds is 8. The molecule has 15 heteroatoms. The minimum Gasteiger partial charge on any atom is -0.483 e. The number of nitrogens with one attached hydrogen (secondary N) is 1. The number of anilines is 1. The van der Waals surface area contributed by atoms with E-state index in [-0.39, 0.29) is 5.69 Å². The largest absolute Gasteiger partial charge is 0.483 e. The van der Waals surface area contributed by atoms with Crippen LogP contribution in [-0.4, -0.2) is 50.0 Å². The van der Waals surface area contributed by atoms with Crippen molar-refractivity contribution >= 4 is 21.7 Å². The van der Waals surface area contributed by atoms with Crippen LogP contribution < -0.4 is 14.2 Å². The van der Waals surface area contributed by atoms with Gasteiger partial charge in [-0.3, -0.25) is 4.72 Å². The third-order valence-electron chi connectivity index (χ3n) is 3.26. The van der Waals surface area contributed by atoms with Crippen LogP contribution >= 0.6 is 0 Å². The Kier molecular flexibility index (Phi) is 6.88. The molecule has 0 fully saturated rings. The van der Waals surface area contributed by atoms with Gasteiger partial charge in [-0.1, -0.05) is 0 Å². The van der Waals surface area contributed by atoms with Gasteiger partial charge in [0.05, 0.1) is 6.20 Å². The van der Waals surface area contributed by atoms with Gasteiger partial charge in [-0.05, 0) is 24.3 Å². The normalized spacial score (nSPS) is 12.3. The van der Waals surface area contributed by atoms with E-state index >= 15 is 0 Å². The molecule has 0 aliphatic carbocycles. The van der Waals surface area contributed by atoms with Crippen molar-refractivity contribution in [1.82, 2.24) is 4.98 Å². The maximum absolute atomic E-state index is 12.4. The summed E-state index contributed by atoms with van der Waals surface area (Å²) < 4.78 is 109. The predicted octanol–water partition coefficient (Wildman–Crippen LogP) is 3.46. The molecule has 0 aliphatic rings. The smallest absolute Gasteiger partial charge is 0.422 e. The highest BCUT2D eigenvalue weighted by molar-refractivity contribution is 7.92. The summed E-state index contributed by atoms with van der Waals surface area (Å²) >= 11 is 0. The van der Waals surface area contributed by atoms with Gasteiger partial charge >= 0.3 is 18.3 Å². The van der Waals surface area contributed by atoms with E-state index in [9.17, 15) is 39.6 Å². The maximum atomic E-state index is 12.4. The number of nitrogens with zero attached hydrogens (tertiary/aromatic N) is 1. The monoisotopic (exact) mass is 474 g/mol. The quantitative estimate of drug-likeness (QED) is 0.563. The van der Waals surface area contributed by atoms with E-state index in [1.165, 1.54) is 0 Å². The number of ether oxygens (including phenoxy) is 2. The predicted molar refractivity (Wildman–Crippen MR) is 91.5 cm³/mol. The van der Waals surface area contributed by atoms with Gasteiger partial charge in [-0.25, -0.2) is 18.2 Å². The fourth-order valence-corrected chi connectivity index (χ4v) is 3.02. The number of benzene rings is 1. The number of hydrogen-bond acceptors (Lipinski definition) is 6. The second kappa shape index (κ2) is 8.87. The molecule has 2 N–H and O–H groups in total. The summed E-state index contributed by atoms with van der Waals surface area (Å²) in [5, 5.41) is 9.13. The molecule has 2 aromatic rings. The van der Waals surface area contributed by atoms with Crippen molar-refractivity contribution in [3.63, 3.8) is 0 Å². The fourth-order valence-electron chi connectivity index (χ4n) is 2.03. The fraction of sp³-hybridized carbons (Fsp3) is 0.250. The Morgan fingerprint density at radius 2 is 1.61 bits per heavy atom. The average molecular weight is 474 g/mol. The van der Waals surface area contributed by atoms with Gasteiger partial charge in [0, 0.05) is 11.8 Å². The lowest BCUT2D eigenvalue weighted by atomic mass is 10.2. The summed E-state index contributed by atoms with van der Waals surface area (Å²) in [6.45, 7) is -3.39. The summed E-state index contributed by atoms with van der Waals surface area (Å²) in [6, 6.07) is 4.29. The van der Waals surface area contributed by atoms with Crippen molar-refractivity contribution in [2.45, 2.75) is 17.2 Å². The van der Waals surface area contributed by atoms with Gasteiger partial charge in [0.15, 0.2) is 13.2 Å². The number of carboxylic acid groups (broad SMARTS) is 1. The summed E-state index contributed by atoms with van der Waals surface area (Å²) in [6.07, 6.45) is -8.64. The van der Waals surface area contributed by atoms with Crippen molar-refractivity contribution in [1.29, 1.82) is 0 Å². The van der Waals surface area contributed by atoms with Crippen LogP contribution in [0.25, 0.3) is 0 Å². The molecule has 1 aromatic carbocycles. The molecule has 2 rings (SSSR count). The minimum atomic E-state index is -4.72. The van der Waals surface area contributed by atoms with Crippen LogP contribution in [-0.2, 0) is 10.0 Å². The average Bonchev–Trinajstić information content (AvgIpc) is 2.64. The summed E-state index contributed by atoms with van der Waals surface area (Å²) in [7, 11) is -4.37. The molecule has 8 nitrogen and oxygen atoms in total. The molecule has 1 aromatic heterocycles. The number of carboxylic acids is 1. The van der Waals surface area contributed by atoms with Crippen LogP contribution in [0.2, 0.25) is 0 Å². The topological polar surface area (TPSA) is 115 Å². The molecular formula is C16H12F6N2O6S. The van der Waals surface area contributed by atoms with E-state index in [0.29, 0.717) is 6.20 Å². The molecule has 170 valence electrons. The first-order chi connectivity index (χ1) is 14.2. The Morgan fingerprint density at radius 3 is 2.13 bits per heavy atom. The number of sulfonamides is 1. The summed E-state index contributed by atoms with van der Waals surface area (Å²) in [4.78, 5) is 14.2. The van der Waals surface area contributed by atoms with Gasteiger partial charge in [0.25, 0.3) is 10.0 Å². The number of hydrogen-bond donors (Lipinski definition) is 2. The zero-order valence-corrected chi connectivity index (χ0v) is 15.8. The van der Waals surface area contributed by atoms with Gasteiger partial charge in [0.2, 0.25) is 5.88 Å². The Morgan fingerprint density at radius 1 is 1.00 bits per heavy atom. The van der Waals surface area contributed by atoms with Gasteiger partial charge in [-0.2, -0.15) is 26.3 Å². The highest BCUT2D eigenvalue weighted by Gasteiger charge is 2.30. The molecule has 1 heterocycles. The minimum absolute atomic E-state index is 0.325. The third kappa shape index (κ3) is 7.51. The number of aromatic carboxylic acids is 1. The standard InChI is InChI=1S/C16H12F6N2O6S/c17-15(18,19)7-29-12-3-1-9(5-11(12)14(25)26)24-31(27,28)10-2-4-13(23-6-10)30-8-16(20,21)22/h1-6,24H,7-8H2,(H,25,26). The van der Waals surface area contributed by atoms with E-state index in [4.69, 9.17) is 5.11 Å². The SMILES string of the molecule is O=C(O)c1cc(NS(=O)(=O)c2ccc(OCC(F)(F)F)nc2)ccc1OCC(F)(F)F. The summed E-state index contributed by atoms with van der Waals surface area (Å²) in [5.41, 5.74) is -1.06. The van der Waals surface area contributed by atoms with Crippen LogP contribution in [0, 0.1) is 0 Å². The molecule has 0 bridgehead atoms. The van der Waals surface area contributed by atoms with Crippen LogP contribution in [0.15, 0.2) is 41.4 Å². The highest BCUT2D eigenvalue weighted by Crippen LogP contribution is 2.27. The van der Waals surface area contributed by atoms with E-state index in [0.717, 1.165) is 30.3 Å². The first kappa shape index (κ1) is 24.0. The maximum Gasteiger partial charge on any atom is 0.422 e. The van der Waals surface area contributed by atoms with Crippen molar-refractivity contribution in [2.75, 3.05) is 17.9 Å². The van der Waals surface area contributed by atoms with Crippen LogP contribution in [0.1, 0.15) is 10.4 Å². The van der Waals surface area contributed by atoms with Crippen LogP contribution in [0.5, 0.6) is 11.6 Å². The zero-order valence-electron chi connectivity index (χ0n) is 15.0. The molecule has 31 heavy (non-hydrogen) atoms. The second-order valence-electron chi connectivity index (χ2n) is 5.76. The van der Waals surface area contributed by atoms with Crippen molar-refractivity contribution in [3.05, 3.63) is 42.1 Å². The number of pyridine rings is 1. The molecule has 0 amide bonds. The Labute approximate surface area is 170 Å². The molecule has 0 saturated heterocycles. The second-order valence-corrected chi connectivity index (χ2v) is 7.44. The van der Waals surface area contributed by atoms with Gasteiger partial charge in [0.1, 0.15) is 16.2 Å². The van der Waals surface area contributed by atoms with Crippen LogP contribution in [0.3, 0.4) is 0 Å². The van der Waals surface area contributed by atoms with E-state index < -0.39 is 63.6 Å².